The van der Waals surface area contributed by atoms with Crippen molar-refractivity contribution in [1.82, 2.24) is 14.6 Å². The number of carbonyl (C=O) groups is 1. The lowest BCUT2D eigenvalue weighted by Gasteiger charge is -2.02. The van der Waals surface area contributed by atoms with E-state index in [2.05, 4.69) is 15.4 Å². The van der Waals surface area contributed by atoms with Crippen molar-refractivity contribution in [2.45, 2.75) is 26.7 Å². The van der Waals surface area contributed by atoms with E-state index < -0.39 is 0 Å². The number of rotatable bonds is 6. The van der Waals surface area contributed by atoms with Crippen molar-refractivity contribution in [2.24, 2.45) is 0 Å². The molecule has 0 aromatic carbocycles. The van der Waals surface area contributed by atoms with Gasteiger partial charge in [0.05, 0.1) is 6.61 Å². The lowest BCUT2D eigenvalue weighted by Crippen LogP contribution is -2.08. The van der Waals surface area contributed by atoms with E-state index in [0.29, 0.717) is 31.9 Å². The van der Waals surface area contributed by atoms with Gasteiger partial charge in [0.2, 0.25) is 5.95 Å². The molecular formula is C13H18N4O2. The number of aryl methyl sites for hydroxylation is 1. The maximum Gasteiger partial charge on any atom is 0.305 e. The minimum atomic E-state index is -0.164. The topological polar surface area (TPSA) is 68.5 Å². The summed E-state index contributed by atoms with van der Waals surface area (Å²) in [6.45, 7) is 4.88. The van der Waals surface area contributed by atoms with E-state index in [1.807, 2.05) is 25.3 Å². The van der Waals surface area contributed by atoms with E-state index in [4.69, 9.17) is 4.74 Å². The number of hydrogen-bond acceptors (Lipinski definition) is 5. The first-order valence-electron chi connectivity index (χ1n) is 6.42. The van der Waals surface area contributed by atoms with Gasteiger partial charge in [-0.05, 0) is 31.9 Å². The van der Waals surface area contributed by atoms with Crippen molar-refractivity contribution in [3.05, 3.63) is 23.9 Å². The highest BCUT2D eigenvalue weighted by Gasteiger charge is 2.05. The van der Waals surface area contributed by atoms with Crippen LogP contribution in [0.4, 0.5) is 5.95 Å². The van der Waals surface area contributed by atoms with Gasteiger partial charge in [-0.3, -0.25) is 4.79 Å². The van der Waals surface area contributed by atoms with Crippen LogP contribution < -0.4 is 5.32 Å². The average Bonchev–Trinajstić information content (AvgIpc) is 2.79. The summed E-state index contributed by atoms with van der Waals surface area (Å²) in [5.41, 5.74) is 1.92. The molecule has 2 aromatic heterocycles. The van der Waals surface area contributed by atoms with Gasteiger partial charge in [-0.25, -0.2) is 4.52 Å². The monoisotopic (exact) mass is 262 g/mol. The average molecular weight is 262 g/mol. The third-order valence-electron chi connectivity index (χ3n) is 2.70. The van der Waals surface area contributed by atoms with Crippen LogP contribution in [0.2, 0.25) is 0 Å². The van der Waals surface area contributed by atoms with Gasteiger partial charge >= 0.3 is 5.97 Å². The second kappa shape index (κ2) is 6.17. The first kappa shape index (κ1) is 13.3. The molecule has 0 aliphatic carbocycles. The number of nitrogens with one attached hydrogen (secondary N) is 1. The standard InChI is InChI=1S/C13H18N4O2/c1-3-19-11(18)7-4-8-14-13-15-12-10(2)6-5-9-17(12)16-13/h5-6,9H,3-4,7-8H2,1-2H3,(H,14,16). The molecule has 6 nitrogen and oxygen atoms in total. The van der Waals surface area contributed by atoms with E-state index in [-0.39, 0.29) is 5.97 Å². The van der Waals surface area contributed by atoms with Crippen LogP contribution in [-0.2, 0) is 9.53 Å². The molecule has 0 saturated heterocycles. The summed E-state index contributed by atoms with van der Waals surface area (Å²) in [7, 11) is 0. The molecule has 0 amide bonds. The molecule has 6 heteroatoms. The molecule has 0 spiro atoms. The molecule has 19 heavy (non-hydrogen) atoms. The van der Waals surface area contributed by atoms with E-state index in [1.165, 1.54) is 0 Å². The lowest BCUT2D eigenvalue weighted by molar-refractivity contribution is -0.143. The normalized spacial score (nSPS) is 10.6. The van der Waals surface area contributed by atoms with Gasteiger partial charge in [0.15, 0.2) is 5.65 Å². The minimum Gasteiger partial charge on any atom is -0.466 e. The largest absolute Gasteiger partial charge is 0.466 e. The SMILES string of the molecule is CCOC(=O)CCCNc1nc2c(C)cccn2n1. The van der Waals surface area contributed by atoms with Gasteiger partial charge in [0.1, 0.15) is 0 Å². The van der Waals surface area contributed by atoms with Crippen LogP contribution in [0.15, 0.2) is 18.3 Å². The zero-order valence-corrected chi connectivity index (χ0v) is 11.2. The molecular weight excluding hydrogens is 244 g/mol. The summed E-state index contributed by atoms with van der Waals surface area (Å²) in [4.78, 5) is 15.5. The van der Waals surface area contributed by atoms with Crippen LogP contribution in [0.3, 0.4) is 0 Å². The molecule has 0 radical (unpaired) electrons. The number of pyridine rings is 1. The van der Waals surface area contributed by atoms with Crippen molar-refractivity contribution >= 4 is 17.6 Å². The number of esters is 1. The Bertz CT molecular complexity index is 565. The molecule has 2 aromatic rings. The highest BCUT2D eigenvalue weighted by atomic mass is 16.5. The van der Waals surface area contributed by atoms with Gasteiger partial charge in [-0.2, -0.15) is 4.98 Å². The first-order valence-corrected chi connectivity index (χ1v) is 6.42. The predicted molar refractivity (Wildman–Crippen MR) is 72.1 cm³/mol. The van der Waals surface area contributed by atoms with Gasteiger partial charge in [-0.1, -0.05) is 6.07 Å². The number of aromatic nitrogens is 3. The summed E-state index contributed by atoms with van der Waals surface area (Å²) >= 11 is 0. The summed E-state index contributed by atoms with van der Waals surface area (Å²) in [5, 5.41) is 7.41. The molecule has 2 rings (SSSR count). The number of hydrogen-bond donors (Lipinski definition) is 1. The van der Waals surface area contributed by atoms with E-state index in [1.54, 1.807) is 11.4 Å². The smallest absolute Gasteiger partial charge is 0.305 e. The minimum absolute atomic E-state index is 0.164. The summed E-state index contributed by atoms with van der Waals surface area (Å²) in [6.07, 6.45) is 2.97. The van der Waals surface area contributed by atoms with Crippen LogP contribution in [-0.4, -0.2) is 33.7 Å². The fourth-order valence-corrected chi connectivity index (χ4v) is 1.78. The van der Waals surface area contributed by atoms with Gasteiger partial charge in [0, 0.05) is 19.2 Å². The van der Waals surface area contributed by atoms with Crippen LogP contribution in [0.5, 0.6) is 0 Å². The van der Waals surface area contributed by atoms with Crippen molar-refractivity contribution in [3.63, 3.8) is 0 Å². The zero-order chi connectivity index (χ0) is 13.7. The van der Waals surface area contributed by atoms with Gasteiger partial charge in [0.25, 0.3) is 0 Å². The maximum atomic E-state index is 11.2. The molecule has 0 aliphatic heterocycles. The third-order valence-corrected chi connectivity index (χ3v) is 2.70. The zero-order valence-electron chi connectivity index (χ0n) is 11.2. The second-order valence-electron chi connectivity index (χ2n) is 4.23. The molecule has 0 unspecified atom stereocenters. The van der Waals surface area contributed by atoms with Crippen molar-refractivity contribution in [3.8, 4) is 0 Å². The van der Waals surface area contributed by atoms with Crippen LogP contribution in [0.1, 0.15) is 25.3 Å². The number of ether oxygens (including phenoxy) is 1. The van der Waals surface area contributed by atoms with E-state index >= 15 is 0 Å². The Labute approximate surface area is 111 Å². The Hall–Kier alpha value is -2.11. The molecule has 0 saturated carbocycles. The summed E-state index contributed by atoms with van der Waals surface area (Å²) in [5.74, 6) is 0.418. The predicted octanol–water partition coefficient (Wildman–Crippen LogP) is 1.79. The Morgan fingerprint density at radius 2 is 2.37 bits per heavy atom. The van der Waals surface area contributed by atoms with E-state index in [0.717, 1.165) is 11.2 Å². The molecule has 2 heterocycles. The molecule has 0 aliphatic rings. The number of carbonyl (C=O) groups excluding carboxylic acids is 1. The Morgan fingerprint density at radius 3 is 3.11 bits per heavy atom. The fourth-order valence-electron chi connectivity index (χ4n) is 1.78. The van der Waals surface area contributed by atoms with Crippen molar-refractivity contribution < 1.29 is 9.53 Å². The van der Waals surface area contributed by atoms with Crippen LogP contribution in [0.25, 0.3) is 5.65 Å². The Morgan fingerprint density at radius 1 is 1.53 bits per heavy atom. The van der Waals surface area contributed by atoms with Crippen LogP contribution >= 0.6 is 0 Å². The van der Waals surface area contributed by atoms with Crippen molar-refractivity contribution in [2.75, 3.05) is 18.5 Å². The Balaban J connectivity index is 1.85. The highest BCUT2D eigenvalue weighted by Crippen LogP contribution is 2.09. The number of nitrogens with zero attached hydrogens (tertiary/aromatic N) is 3. The fraction of sp³-hybridized carbons (Fsp3) is 0.462. The highest BCUT2D eigenvalue weighted by molar-refractivity contribution is 5.69. The molecule has 0 atom stereocenters. The first-order chi connectivity index (χ1) is 9.20. The molecule has 102 valence electrons. The van der Waals surface area contributed by atoms with Crippen LogP contribution in [0, 0.1) is 6.92 Å². The maximum absolute atomic E-state index is 11.2. The van der Waals surface area contributed by atoms with Gasteiger partial charge in [-0.15, -0.1) is 5.10 Å². The summed E-state index contributed by atoms with van der Waals surface area (Å²) in [6, 6.07) is 3.93. The molecule has 0 fully saturated rings. The number of anilines is 1. The second-order valence-corrected chi connectivity index (χ2v) is 4.23. The van der Waals surface area contributed by atoms with Crippen molar-refractivity contribution in [1.29, 1.82) is 0 Å². The molecule has 0 bridgehead atoms. The lowest BCUT2D eigenvalue weighted by atomic mass is 10.3. The molecule has 1 N–H and O–H groups in total. The quantitative estimate of drug-likeness (QED) is 0.635. The Kier molecular flexibility index (Phi) is 4.33. The third kappa shape index (κ3) is 3.43. The summed E-state index contributed by atoms with van der Waals surface area (Å²) < 4.78 is 6.59. The number of fused-ring (bicyclic) bond motifs is 1. The van der Waals surface area contributed by atoms with Gasteiger partial charge < -0.3 is 10.1 Å². The van der Waals surface area contributed by atoms with E-state index in [9.17, 15) is 4.79 Å².